The van der Waals surface area contributed by atoms with Gasteiger partial charge in [0.2, 0.25) is 5.91 Å². The summed E-state index contributed by atoms with van der Waals surface area (Å²) in [5, 5.41) is 4.60. The molecule has 1 saturated heterocycles. The Morgan fingerprint density at radius 2 is 2.17 bits per heavy atom. The Labute approximate surface area is 153 Å². The van der Waals surface area contributed by atoms with Crippen molar-refractivity contribution in [1.29, 1.82) is 0 Å². The zero-order valence-corrected chi connectivity index (χ0v) is 15.8. The number of benzene rings is 1. The number of nitrogens with one attached hydrogen (secondary N) is 1. The van der Waals surface area contributed by atoms with Gasteiger partial charge < -0.3 is 10.2 Å². The Kier molecular flexibility index (Phi) is 5.72. The molecule has 2 aliphatic rings. The molecule has 0 bridgehead atoms. The first-order valence-electron chi connectivity index (χ1n) is 8.52. The molecule has 3 rings (SSSR count). The lowest BCUT2D eigenvalue weighted by atomic mass is 10.2. The predicted octanol–water partition coefficient (Wildman–Crippen LogP) is 4.32. The molecule has 1 saturated carbocycles. The van der Waals surface area contributed by atoms with Crippen LogP contribution in [0.5, 0.6) is 0 Å². The molecule has 1 aromatic carbocycles. The number of amidine groups is 1. The molecule has 1 amide bonds. The second-order valence-electron chi connectivity index (χ2n) is 6.66. The molecule has 24 heavy (non-hydrogen) atoms. The van der Waals surface area contributed by atoms with E-state index in [9.17, 15) is 4.79 Å². The van der Waals surface area contributed by atoms with Gasteiger partial charge in [0.25, 0.3) is 0 Å². The molecular weight excluding hydrogens is 342 g/mol. The molecule has 0 radical (unpaired) electrons. The van der Waals surface area contributed by atoms with Gasteiger partial charge in [-0.1, -0.05) is 42.3 Å². The molecule has 1 aliphatic heterocycles. The van der Waals surface area contributed by atoms with Gasteiger partial charge in [0, 0.05) is 25.3 Å². The molecule has 4 nitrogen and oxygen atoms in total. The summed E-state index contributed by atoms with van der Waals surface area (Å²) in [5.74, 6) is 0.914. The molecule has 2 fully saturated rings. The fourth-order valence-corrected chi connectivity index (χ4v) is 4.73. The predicted molar refractivity (Wildman–Crippen MR) is 103 cm³/mol. The number of halogens is 1. The SMILES string of the molecule is Cc1ccc(NC(=O)CC2CSC(=NC3CCCC3)N2C)c(Cl)c1. The van der Waals surface area contributed by atoms with Gasteiger partial charge in [-0.25, -0.2) is 0 Å². The van der Waals surface area contributed by atoms with Crippen LogP contribution < -0.4 is 5.32 Å². The van der Waals surface area contributed by atoms with Gasteiger partial charge in [-0.3, -0.25) is 9.79 Å². The van der Waals surface area contributed by atoms with Crippen molar-refractivity contribution in [2.75, 3.05) is 18.1 Å². The maximum atomic E-state index is 12.4. The lowest BCUT2D eigenvalue weighted by Crippen LogP contribution is -2.34. The first-order valence-corrected chi connectivity index (χ1v) is 9.88. The smallest absolute Gasteiger partial charge is 0.226 e. The summed E-state index contributed by atoms with van der Waals surface area (Å²) < 4.78 is 0. The minimum Gasteiger partial charge on any atom is -0.350 e. The lowest BCUT2D eigenvalue weighted by molar-refractivity contribution is -0.116. The maximum Gasteiger partial charge on any atom is 0.226 e. The van der Waals surface area contributed by atoms with Crippen LogP contribution in [0.2, 0.25) is 5.02 Å². The Morgan fingerprint density at radius 3 is 2.88 bits per heavy atom. The molecule has 0 aromatic heterocycles. The first kappa shape index (κ1) is 17.6. The van der Waals surface area contributed by atoms with Gasteiger partial charge in [-0.2, -0.15) is 0 Å². The van der Waals surface area contributed by atoms with Gasteiger partial charge >= 0.3 is 0 Å². The van der Waals surface area contributed by atoms with E-state index >= 15 is 0 Å². The van der Waals surface area contributed by atoms with E-state index in [1.54, 1.807) is 11.8 Å². The van der Waals surface area contributed by atoms with Gasteiger partial charge in [0.05, 0.1) is 16.8 Å². The summed E-state index contributed by atoms with van der Waals surface area (Å²) in [6, 6.07) is 6.34. The van der Waals surface area contributed by atoms with Crippen molar-refractivity contribution in [3.8, 4) is 0 Å². The summed E-state index contributed by atoms with van der Waals surface area (Å²) in [6.45, 7) is 1.98. The minimum absolute atomic E-state index is 0.000296. The summed E-state index contributed by atoms with van der Waals surface area (Å²) in [4.78, 5) is 19.4. The monoisotopic (exact) mass is 365 g/mol. The number of anilines is 1. The number of hydrogen-bond acceptors (Lipinski definition) is 3. The molecule has 1 aliphatic carbocycles. The van der Waals surface area contributed by atoms with E-state index < -0.39 is 0 Å². The third-order valence-corrected chi connectivity index (χ3v) is 6.21. The number of nitrogens with zero attached hydrogens (tertiary/aromatic N) is 2. The molecule has 1 aromatic rings. The van der Waals surface area contributed by atoms with E-state index in [0.717, 1.165) is 16.5 Å². The highest BCUT2D eigenvalue weighted by Crippen LogP contribution is 2.29. The van der Waals surface area contributed by atoms with Crippen LogP contribution in [0.15, 0.2) is 23.2 Å². The Bertz CT molecular complexity index is 643. The molecule has 1 unspecified atom stereocenters. The molecule has 1 heterocycles. The Hall–Kier alpha value is -1.20. The maximum absolute atomic E-state index is 12.4. The van der Waals surface area contributed by atoms with Crippen LogP contribution in [0.1, 0.15) is 37.7 Å². The minimum atomic E-state index is 0.000296. The molecular formula is C18H24ClN3OS. The van der Waals surface area contributed by atoms with E-state index in [-0.39, 0.29) is 11.9 Å². The second-order valence-corrected chi connectivity index (χ2v) is 8.06. The average molecular weight is 366 g/mol. The highest BCUT2D eigenvalue weighted by Gasteiger charge is 2.30. The van der Waals surface area contributed by atoms with Crippen LogP contribution in [0.3, 0.4) is 0 Å². The van der Waals surface area contributed by atoms with Crippen LogP contribution >= 0.6 is 23.4 Å². The van der Waals surface area contributed by atoms with Crippen molar-refractivity contribution >= 4 is 40.1 Å². The van der Waals surface area contributed by atoms with Crippen LogP contribution in [-0.4, -0.2) is 40.9 Å². The summed E-state index contributed by atoms with van der Waals surface area (Å²) in [5.41, 5.74) is 1.76. The number of hydrogen-bond donors (Lipinski definition) is 1. The van der Waals surface area contributed by atoms with Crippen molar-refractivity contribution in [3.63, 3.8) is 0 Å². The summed E-state index contributed by atoms with van der Waals surface area (Å²) in [6.07, 6.45) is 5.44. The van der Waals surface area contributed by atoms with Crippen molar-refractivity contribution < 1.29 is 4.79 Å². The fraction of sp³-hybridized carbons (Fsp3) is 0.556. The Balaban J connectivity index is 1.56. The van der Waals surface area contributed by atoms with E-state index in [4.69, 9.17) is 16.6 Å². The van der Waals surface area contributed by atoms with E-state index in [0.29, 0.717) is 23.2 Å². The van der Waals surface area contributed by atoms with Gasteiger partial charge in [-0.05, 0) is 37.5 Å². The van der Waals surface area contributed by atoms with Crippen LogP contribution in [0.25, 0.3) is 0 Å². The molecule has 0 spiro atoms. The number of carbonyl (C=O) groups is 1. The Morgan fingerprint density at radius 1 is 1.42 bits per heavy atom. The summed E-state index contributed by atoms with van der Waals surface area (Å²) in [7, 11) is 2.05. The van der Waals surface area contributed by atoms with E-state index in [1.807, 2.05) is 32.2 Å². The molecule has 1 N–H and O–H groups in total. The van der Waals surface area contributed by atoms with Gasteiger partial charge in [0.15, 0.2) is 5.17 Å². The van der Waals surface area contributed by atoms with Crippen molar-refractivity contribution in [2.24, 2.45) is 4.99 Å². The van der Waals surface area contributed by atoms with Crippen LogP contribution in [0, 0.1) is 6.92 Å². The average Bonchev–Trinajstić information content (AvgIpc) is 3.16. The van der Waals surface area contributed by atoms with Crippen LogP contribution in [-0.2, 0) is 4.79 Å². The zero-order chi connectivity index (χ0) is 17.1. The van der Waals surface area contributed by atoms with E-state index in [2.05, 4.69) is 10.2 Å². The largest absolute Gasteiger partial charge is 0.350 e. The number of amides is 1. The number of carbonyl (C=O) groups excluding carboxylic acids is 1. The second kappa shape index (κ2) is 7.79. The lowest BCUT2D eigenvalue weighted by Gasteiger charge is -2.21. The zero-order valence-electron chi connectivity index (χ0n) is 14.2. The van der Waals surface area contributed by atoms with Crippen molar-refractivity contribution in [1.82, 2.24) is 4.90 Å². The number of thioether (sulfide) groups is 1. The number of aryl methyl sites for hydroxylation is 1. The third kappa shape index (κ3) is 4.25. The van der Waals surface area contributed by atoms with E-state index in [1.165, 1.54) is 25.7 Å². The van der Waals surface area contributed by atoms with Crippen LogP contribution in [0.4, 0.5) is 5.69 Å². The van der Waals surface area contributed by atoms with Gasteiger partial charge in [-0.15, -0.1) is 0 Å². The first-order chi connectivity index (χ1) is 11.5. The van der Waals surface area contributed by atoms with Crippen molar-refractivity contribution in [2.45, 2.75) is 51.1 Å². The highest BCUT2D eigenvalue weighted by atomic mass is 35.5. The standard InChI is InChI=1S/C18H24ClN3OS/c1-12-7-8-16(15(19)9-12)21-17(23)10-14-11-24-18(22(14)2)20-13-5-3-4-6-13/h7-9,13-14H,3-6,10-11H2,1-2H3,(H,21,23). The summed E-state index contributed by atoms with van der Waals surface area (Å²) >= 11 is 7.96. The molecule has 1 atom stereocenters. The van der Waals surface area contributed by atoms with Gasteiger partial charge in [0.1, 0.15) is 0 Å². The third-order valence-electron chi connectivity index (χ3n) is 4.69. The number of rotatable bonds is 4. The quantitative estimate of drug-likeness (QED) is 0.864. The number of aliphatic imine (C=N–C) groups is 1. The molecule has 6 heteroatoms. The highest BCUT2D eigenvalue weighted by molar-refractivity contribution is 8.14. The van der Waals surface area contributed by atoms with Crippen molar-refractivity contribution in [3.05, 3.63) is 28.8 Å². The fourth-order valence-electron chi connectivity index (χ4n) is 3.19. The molecule has 130 valence electrons. The normalized spacial score (nSPS) is 23.2. The topological polar surface area (TPSA) is 44.7 Å².